The Bertz CT molecular complexity index is 632. The van der Waals surface area contributed by atoms with E-state index in [1.165, 1.54) is 32.2 Å². The Balaban J connectivity index is 3.13. The molecule has 1 aromatic rings. The molecule has 1 heterocycles. The molecule has 8 heteroatoms. The first kappa shape index (κ1) is 15.1. The highest BCUT2D eigenvalue weighted by Crippen LogP contribution is 2.17. The molecule has 0 saturated heterocycles. The maximum atomic E-state index is 12.2. The minimum atomic E-state index is -3.95. The van der Waals surface area contributed by atoms with Gasteiger partial charge in [-0.2, -0.15) is 5.26 Å². The van der Waals surface area contributed by atoms with E-state index in [1.54, 1.807) is 6.07 Å². The van der Waals surface area contributed by atoms with E-state index in [1.807, 2.05) is 0 Å². The first-order chi connectivity index (χ1) is 8.68. The van der Waals surface area contributed by atoms with Crippen LogP contribution in [-0.2, 0) is 14.8 Å². The van der Waals surface area contributed by atoms with Gasteiger partial charge >= 0.3 is 0 Å². The van der Waals surface area contributed by atoms with E-state index in [2.05, 4.69) is 9.71 Å². The van der Waals surface area contributed by atoms with Gasteiger partial charge in [0, 0.05) is 18.2 Å². The van der Waals surface area contributed by atoms with E-state index in [0.29, 0.717) is 0 Å². The molecule has 0 aliphatic carbocycles. The van der Waals surface area contributed by atoms with E-state index in [4.69, 9.17) is 11.0 Å². The summed E-state index contributed by atoms with van der Waals surface area (Å²) in [5.41, 5.74) is 3.80. The number of primary amides is 1. The lowest BCUT2D eigenvalue weighted by Crippen LogP contribution is -2.46. The monoisotopic (exact) mass is 282 g/mol. The van der Waals surface area contributed by atoms with Crippen LogP contribution in [0.3, 0.4) is 0 Å². The van der Waals surface area contributed by atoms with Gasteiger partial charge in [0.2, 0.25) is 15.9 Å². The number of carbonyl (C=O) groups excluding carboxylic acids is 1. The van der Waals surface area contributed by atoms with Crippen molar-refractivity contribution in [1.82, 2.24) is 9.71 Å². The van der Waals surface area contributed by atoms with E-state index in [0.717, 1.165) is 0 Å². The summed E-state index contributed by atoms with van der Waals surface area (Å²) in [7, 11) is -3.95. The molecule has 0 bridgehead atoms. The summed E-state index contributed by atoms with van der Waals surface area (Å²) >= 11 is 0. The summed E-state index contributed by atoms with van der Waals surface area (Å²) in [6.45, 7) is 3.05. The largest absolute Gasteiger partial charge is 0.370 e. The number of pyridine rings is 1. The smallest absolute Gasteiger partial charge is 0.243 e. The van der Waals surface area contributed by atoms with Crippen LogP contribution in [0.25, 0.3) is 0 Å². The number of nitrogens with zero attached hydrogens (tertiary/aromatic N) is 2. The lowest BCUT2D eigenvalue weighted by atomic mass is 10.0. The first-order valence-corrected chi connectivity index (χ1v) is 6.84. The predicted molar refractivity (Wildman–Crippen MR) is 67.2 cm³/mol. The lowest BCUT2D eigenvalue weighted by Gasteiger charge is -2.24. The van der Waals surface area contributed by atoms with Gasteiger partial charge in [-0.15, -0.1) is 0 Å². The highest BCUT2D eigenvalue weighted by atomic mass is 32.2. The molecule has 19 heavy (non-hydrogen) atoms. The van der Waals surface area contributed by atoms with Crippen LogP contribution in [0.1, 0.15) is 26.0 Å². The average molecular weight is 282 g/mol. The summed E-state index contributed by atoms with van der Waals surface area (Å²) in [5, 5.41) is 8.85. The van der Waals surface area contributed by atoms with Crippen LogP contribution in [0.4, 0.5) is 0 Å². The number of amides is 1. The van der Waals surface area contributed by atoms with Gasteiger partial charge in [-0.05, 0) is 26.0 Å². The summed E-state index contributed by atoms with van der Waals surface area (Å²) in [5.74, 6) is -0.626. The maximum Gasteiger partial charge on any atom is 0.243 e. The van der Waals surface area contributed by atoms with Crippen molar-refractivity contribution < 1.29 is 13.2 Å². The van der Waals surface area contributed by atoms with Crippen LogP contribution < -0.4 is 10.5 Å². The quantitative estimate of drug-likeness (QED) is 0.779. The van der Waals surface area contributed by atoms with Crippen molar-refractivity contribution in [1.29, 1.82) is 5.26 Å². The number of nitrogens with one attached hydrogen (secondary N) is 1. The Kier molecular flexibility index (Phi) is 4.24. The second-order valence-electron chi connectivity index (χ2n) is 4.59. The van der Waals surface area contributed by atoms with Gasteiger partial charge in [-0.25, -0.2) is 18.1 Å². The molecule has 0 radical (unpaired) electrons. The van der Waals surface area contributed by atoms with Gasteiger partial charge in [0.05, 0.1) is 0 Å². The van der Waals surface area contributed by atoms with Crippen LogP contribution in [0.2, 0.25) is 0 Å². The van der Waals surface area contributed by atoms with E-state index < -0.39 is 21.5 Å². The lowest BCUT2D eigenvalue weighted by molar-refractivity contribution is -0.119. The van der Waals surface area contributed by atoms with Crippen LogP contribution in [-0.4, -0.2) is 24.8 Å². The summed E-state index contributed by atoms with van der Waals surface area (Å²) in [4.78, 5) is 14.3. The molecule has 7 nitrogen and oxygen atoms in total. The molecule has 0 unspecified atom stereocenters. The third-order valence-electron chi connectivity index (χ3n) is 2.19. The maximum absolute atomic E-state index is 12.2. The summed E-state index contributed by atoms with van der Waals surface area (Å²) in [6, 6.07) is 4.39. The molecule has 1 amide bonds. The van der Waals surface area contributed by atoms with Crippen LogP contribution in [0, 0.1) is 11.3 Å². The third-order valence-corrected chi connectivity index (χ3v) is 3.92. The van der Waals surface area contributed by atoms with Crippen molar-refractivity contribution in [3.05, 3.63) is 24.0 Å². The number of sulfonamides is 1. The molecule has 0 aliphatic rings. The Hall–Kier alpha value is -1.98. The molecule has 0 spiro atoms. The third kappa shape index (κ3) is 4.01. The van der Waals surface area contributed by atoms with Crippen molar-refractivity contribution >= 4 is 15.9 Å². The van der Waals surface area contributed by atoms with Crippen molar-refractivity contribution in [3.63, 3.8) is 0 Å². The fourth-order valence-corrected chi connectivity index (χ4v) is 3.10. The van der Waals surface area contributed by atoms with Gasteiger partial charge < -0.3 is 5.73 Å². The fourth-order valence-electron chi connectivity index (χ4n) is 1.58. The van der Waals surface area contributed by atoms with Gasteiger partial charge in [-0.3, -0.25) is 4.79 Å². The Labute approximate surface area is 111 Å². The Morgan fingerprint density at radius 3 is 2.74 bits per heavy atom. The second kappa shape index (κ2) is 5.34. The van der Waals surface area contributed by atoms with E-state index >= 15 is 0 Å². The number of carbonyl (C=O) groups is 1. The SMILES string of the molecule is CC(C)(CC(N)=O)NS(=O)(=O)c1cccnc1C#N. The van der Waals surface area contributed by atoms with Crippen molar-refractivity contribution in [2.24, 2.45) is 5.73 Å². The number of nitriles is 1. The normalized spacial score (nSPS) is 11.8. The number of hydrogen-bond acceptors (Lipinski definition) is 5. The average Bonchev–Trinajstić information content (AvgIpc) is 2.25. The molecular weight excluding hydrogens is 268 g/mol. The zero-order valence-electron chi connectivity index (χ0n) is 10.5. The predicted octanol–water partition coefficient (Wildman–Crippen LogP) is -0.114. The topological polar surface area (TPSA) is 126 Å². The van der Waals surface area contributed by atoms with Gasteiger partial charge in [0.1, 0.15) is 11.0 Å². The second-order valence-corrected chi connectivity index (χ2v) is 6.25. The van der Waals surface area contributed by atoms with E-state index in [-0.39, 0.29) is 17.0 Å². The van der Waals surface area contributed by atoms with Gasteiger partial charge in [-0.1, -0.05) is 0 Å². The van der Waals surface area contributed by atoms with Gasteiger partial charge in [0.25, 0.3) is 0 Å². The molecule has 102 valence electrons. The summed E-state index contributed by atoms with van der Waals surface area (Å²) in [6.07, 6.45) is 1.17. The van der Waals surface area contributed by atoms with E-state index in [9.17, 15) is 13.2 Å². The van der Waals surface area contributed by atoms with Crippen LogP contribution >= 0.6 is 0 Å². The number of rotatable bonds is 5. The molecule has 0 aliphatic heterocycles. The summed E-state index contributed by atoms with van der Waals surface area (Å²) < 4.78 is 26.6. The highest BCUT2D eigenvalue weighted by molar-refractivity contribution is 7.89. The molecule has 3 N–H and O–H groups in total. The van der Waals surface area contributed by atoms with Crippen LogP contribution in [0.5, 0.6) is 0 Å². The fraction of sp³-hybridized carbons (Fsp3) is 0.364. The molecule has 0 saturated carbocycles. The molecule has 0 atom stereocenters. The molecule has 0 aromatic carbocycles. The molecule has 1 rings (SSSR count). The number of hydrogen-bond donors (Lipinski definition) is 2. The number of nitrogens with two attached hydrogens (primary N) is 1. The Morgan fingerprint density at radius 2 is 2.21 bits per heavy atom. The molecular formula is C11H14N4O3S. The minimum Gasteiger partial charge on any atom is -0.370 e. The van der Waals surface area contributed by atoms with Gasteiger partial charge in [0.15, 0.2) is 5.69 Å². The Morgan fingerprint density at radius 1 is 1.58 bits per heavy atom. The first-order valence-electron chi connectivity index (χ1n) is 5.35. The highest BCUT2D eigenvalue weighted by Gasteiger charge is 2.29. The zero-order valence-corrected chi connectivity index (χ0v) is 11.4. The molecule has 0 fully saturated rings. The standard InChI is InChI=1S/C11H14N4O3S/c1-11(2,6-10(13)16)15-19(17,18)9-4-3-5-14-8(9)7-12/h3-5,15H,6H2,1-2H3,(H2,13,16). The molecule has 1 aromatic heterocycles. The van der Waals surface area contributed by atoms with Crippen molar-refractivity contribution in [2.45, 2.75) is 30.7 Å². The van der Waals surface area contributed by atoms with Crippen LogP contribution in [0.15, 0.2) is 23.2 Å². The number of aromatic nitrogens is 1. The van der Waals surface area contributed by atoms with Crippen molar-refractivity contribution in [2.75, 3.05) is 0 Å². The van der Waals surface area contributed by atoms with Crippen molar-refractivity contribution in [3.8, 4) is 6.07 Å². The zero-order chi connectivity index (χ0) is 14.7. The minimum absolute atomic E-state index is 0.158.